The van der Waals surface area contributed by atoms with Crippen molar-refractivity contribution >= 4 is 11.9 Å². The van der Waals surface area contributed by atoms with E-state index < -0.39 is 11.3 Å². The highest BCUT2D eigenvalue weighted by molar-refractivity contribution is 5.81. The number of benzene rings is 1. The van der Waals surface area contributed by atoms with E-state index in [1.165, 1.54) is 0 Å². The van der Waals surface area contributed by atoms with Gasteiger partial charge in [-0.05, 0) is 31.5 Å². The molecule has 0 unspecified atom stereocenters. The third-order valence-corrected chi connectivity index (χ3v) is 2.95. The third-order valence-electron chi connectivity index (χ3n) is 2.95. The van der Waals surface area contributed by atoms with Crippen LogP contribution in [0.4, 0.5) is 4.79 Å². The molecule has 0 aliphatic heterocycles. The van der Waals surface area contributed by atoms with Crippen molar-refractivity contribution in [3.8, 4) is 5.75 Å². The Bertz CT molecular complexity index is 486. The maximum absolute atomic E-state index is 11.6. The van der Waals surface area contributed by atoms with Crippen LogP contribution in [0.25, 0.3) is 0 Å². The number of rotatable bonds is 6. The molecule has 0 saturated heterocycles. The highest BCUT2D eigenvalue weighted by atomic mass is 16.5. The molecule has 20 heavy (non-hydrogen) atoms. The number of methoxy groups -OCH3 is 1. The fourth-order valence-electron chi connectivity index (χ4n) is 1.42. The molecule has 0 bridgehead atoms. The van der Waals surface area contributed by atoms with Crippen molar-refractivity contribution < 1.29 is 14.3 Å². The summed E-state index contributed by atoms with van der Waals surface area (Å²) in [6.07, 6.45) is 0. The Balaban J connectivity index is 2.42. The van der Waals surface area contributed by atoms with Crippen molar-refractivity contribution in [2.75, 3.05) is 13.7 Å². The summed E-state index contributed by atoms with van der Waals surface area (Å²) in [7, 11) is 1.59. The molecule has 0 spiro atoms. The minimum Gasteiger partial charge on any atom is -0.497 e. The van der Waals surface area contributed by atoms with E-state index in [0.717, 1.165) is 11.3 Å². The van der Waals surface area contributed by atoms with Gasteiger partial charge in [0.1, 0.15) is 5.75 Å². The number of nitrogens with one attached hydrogen (secondary N) is 2. The lowest BCUT2D eigenvalue weighted by molar-refractivity contribution is -0.125. The number of nitrogens with two attached hydrogens (primary N) is 1. The summed E-state index contributed by atoms with van der Waals surface area (Å²) in [5.41, 5.74) is 5.38. The van der Waals surface area contributed by atoms with E-state index in [4.69, 9.17) is 10.5 Å². The van der Waals surface area contributed by atoms with Crippen LogP contribution in [0.2, 0.25) is 0 Å². The minimum atomic E-state index is -0.771. The van der Waals surface area contributed by atoms with Crippen LogP contribution in [0.5, 0.6) is 5.75 Å². The average Bonchev–Trinajstić information content (AvgIpc) is 2.43. The molecular formula is C14H21N3O3. The van der Waals surface area contributed by atoms with E-state index in [-0.39, 0.29) is 12.6 Å². The lowest BCUT2D eigenvalue weighted by Crippen LogP contribution is -2.45. The molecule has 0 heterocycles. The summed E-state index contributed by atoms with van der Waals surface area (Å²) in [4.78, 5) is 22.8. The van der Waals surface area contributed by atoms with Gasteiger partial charge in [0, 0.05) is 13.1 Å². The van der Waals surface area contributed by atoms with Crippen LogP contribution in [-0.4, -0.2) is 25.6 Å². The highest BCUT2D eigenvalue weighted by Crippen LogP contribution is 2.13. The molecule has 4 N–H and O–H groups in total. The van der Waals surface area contributed by atoms with Crippen LogP contribution in [-0.2, 0) is 11.3 Å². The molecule has 0 aromatic heterocycles. The SMILES string of the molecule is COc1cccc(CNC(=O)NCC(C)(C)C(N)=O)c1. The first-order chi connectivity index (χ1) is 9.35. The lowest BCUT2D eigenvalue weighted by atomic mass is 9.93. The van der Waals surface area contributed by atoms with Crippen LogP contribution in [0.1, 0.15) is 19.4 Å². The Morgan fingerprint density at radius 1 is 1.30 bits per heavy atom. The summed E-state index contributed by atoms with van der Waals surface area (Å²) in [6.45, 7) is 3.92. The van der Waals surface area contributed by atoms with Crippen LogP contribution >= 0.6 is 0 Å². The molecule has 0 atom stereocenters. The predicted molar refractivity (Wildman–Crippen MR) is 76.2 cm³/mol. The van der Waals surface area contributed by atoms with E-state index in [9.17, 15) is 9.59 Å². The molecule has 6 heteroatoms. The zero-order valence-electron chi connectivity index (χ0n) is 12.0. The Hall–Kier alpha value is -2.24. The average molecular weight is 279 g/mol. The van der Waals surface area contributed by atoms with E-state index in [1.54, 1.807) is 21.0 Å². The topological polar surface area (TPSA) is 93.4 Å². The van der Waals surface area contributed by atoms with Gasteiger partial charge >= 0.3 is 6.03 Å². The molecule has 0 radical (unpaired) electrons. The van der Waals surface area contributed by atoms with Gasteiger partial charge in [0.2, 0.25) is 5.91 Å². The van der Waals surface area contributed by atoms with Crippen molar-refractivity contribution in [3.63, 3.8) is 0 Å². The zero-order valence-corrected chi connectivity index (χ0v) is 12.0. The molecule has 110 valence electrons. The fraction of sp³-hybridized carbons (Fsp3) is 0.429. The first-order valence-corrected chi connectivity index (χ1v) is 6.29. The van der Waals surface area contributed by atoms with Gasteiger partial charge in [0.05, 0.1) is 12.5 Å². The molecule has 6 nitrogen and oxygen atoms in total. The van der Waals surface area contributed by atoms with Gasteiger partial charge in [-0.1, -0.05) is 12.1 Å². The summed E-state index contributed by atoms with van der Waals surface area (Å²) < 4.78 is 5.10. The largest absolute Gasteiger partial charge is 0.497 e. The number of carbonyl (C=O) groups excluding carboxylic acids is 2. The van der Waals surface area contributed by atoms with E-state index >= 15 is 0 Å². The van der Waals surface area contributed by atoms with Crippen molar-refractivity contribution in [2.24, 2.45) is 11.1 Å². The smallest absolute Gasteiger partial charge is 0.315 e. The Kier molecular flexibility index (Phi) is 5.37. The molecule has 3 amide bonds. The number of hydrogen-bond acceptors (Lipinski definition) is 3. The van der Waals surface area contributed by atoms with Crippen molar-refractivity contribution in [2.45, 2.75) is 20.4 Å². The molecule has 1 aromatic rings. The van der Waals surface area contributed by atoms with Gasteiger partial charge in [-0.2, -0.15) is 0 Å². The number of ether oxygens (including phenoxy) is 1. The second kappa shape index (κ2) is 6.79. The van der Waals surface area contributed by atoms with Gasteiger partial charge < -0.3 is 21.1 Å². The van der Waals surface area contributed by atoms with Gasteiger partial charge in [0.15, 0.2) is 0 Å². The van der Waals surface area contributed by atoms with E-state index in [0.29, 0.717) is 6.54 Å². The molecule has 0 aliphatic carbocycles. The first kappa shape index (κ1) is 15.8. The van der Waals surface area contributed by atoms with Crippen LogP contribution in [0.15, 0.2) is 24.3 Å². The predicted octanol–water partition coefficient (Wildman–Crippen LogP) is 1.01. The summed E-state index contributed by atoms with van der Waals surface area (Å²) in [5.74, 6) is 0.283. The maximum atomic E-state index is 11.6. The highest BCUT2D eigenvalue weighted by Gasteiger charge is 2.25. The third kappa shape index (κ3) is 4.79. The quantitative estimate of drug-likeness (QED) is 0.725. The summed E-state index contributed by atoms with van der Waals surface area (Å²) in [5, 5.41) is 5.33. The summed E-state index contributed by atoms with van der Waals surface area (Å²) >= 11 is 0. The maximum Gasteiger partial charge on any atom is 0.315 e. The van der Waals surface area contributed by atoms with Crippen LogP contribution < -0.4 is 21.1 Å². The first-order valence-electron chi connectivity index (χ1n) is 6.29. The molecular weight excluding hydrogens is 258 g/mol. The number of hydrogen-bond donors (Lipinski definition) is 3. The summed E-state index contributed by atoms with van der Waals surface area (Å²) in [6, 6.07) is 7.06. The Morgan fingerprint density at radius 3 is 2.60 bits per heavy atom. The fourth-order valence-corrected chi connectivity index (χ4v) is 1.42. The normalized spacial score (nSPS) is 10.8. The number of primary amides is 1. The van der Waals surface area contributed by atoms with Crippen molar-refractivity contribution in [3.05, 3.63) is 29.8 Å². The van der Waals surface area contributed by atoms with Gasteiger partial charge in [-0.3, -0.25) is 4.79 Å². The number of urea groups is 1. The van der Waals surface area contributed by atoms with Crippen LogP contribution in [0.3, 0.4) is 0 Å². The molecule has 0 saturated carbocycles. The second-order valence-electron chi connectivity index (χ2n) is 5.14. The van der Waals surface area contributed by atoms with E-state index in [2.05, 4.69) is 10.6 Å². The van der Waals surface area contributed by atoms with Gasteiger partial charge in [-0.25, -0.2) is 4.79 Å². The standard InChI is InChI=1S/C14H21N3O3/c1-14(2,12(15)18)9-17-13(19)16-8-10-5-4-6-11(7-10)20-3/h4-7H,8-9H2,1-3H3,(H2,15,18)(H2,16,17,19). The molecule has 0 fully saturated rings. The molecule has 1 rings (SSSR count). The van der Waals surface area contributed by atoms with Crippen LogP contribution in [0, 0.1) is 5.41 Å². The van der Waals surface area contributed by atoms with Gasteiger partial charge in [-0.15, -0.1) is 0 Å². The van der Waals surface area contributed by atoms with Crippen molar-refractivity contribution in [1.29, 1.82) is 0 Å². The monoisotopic (exact) mass is 279 g/mol. The lowest BCUT2D eigenvalue weighted by Gasteiger charge is -2.20. The molecule has 1 aromatic carbocycles. The van der Waals surface area contributed by atoms with Gasteiger partial charge in [0.25, 0.3) is 0 Å². The Morgan fingerprint density at radius 2 is 2.00 bits per heavy atom. The zero-order chi connectivity index (χ0) is 15.2. The minimum absolute atomic E-state index is 0.187. The number of amides is 3. The second-order valence-corrected chi connectivity index (χ2v) is 5.14. The Labute approximate surface area is 118 Å². The van der Waals surface area contributed by atoms with E-state index in [1.807, 2.05) is 24.3 Å². The number of carbonyl (C=O) groups is 2. The molecule has 0 aliphatic rings. The van der Waals surface area contributed by atoms with Crippen molar-refractivity contribution in [1.82, 2.24) is 10.6 Å².